The lowest BCUT2D eigenvalue weighted by Gasteiger charge is -2.10. The average Bonchev–Trinajstić information content (AvgIpc) is 3.18. The average molecular weight is 445 g/mol. The molecule has 2 aromatic carbocycles. The van der Waals surface area contributed by atoms with E-state index in [0.717, 1.165) is 47.2 Å². The Morgan fingerprint density at radius 3 is 2.53 bits per heavy atom. The summed E-state index contributed by atoms with van der Waals surface area (Å²) in [6.07, 6.45) is 2.07. The van der Waals surface area contributed by atoms with Gasteiger partial charge in [-0.1, -0.05) is 48.8 Å². The molecule has 1 N–H and O–H groups in total. The summed E-state index contributed by atoms with van der Waals surface area (Å²) in [5, 5.41) is 13.1. The van der Waals surface area contributed by atoms with Gasteiger partial charge in [0.2, 0.25) is 5.91 Å². The number of nitrogens with one attached hydrogen (secondary N) is 1. The molecule has 3 rings (SSSR count). The second-order valence-corrected chi connectivity index (χ2v) is 8.11. The van der Waals surface area contributed by atoms with Crippen LogP contribution >= 0.6 is 23.4 Å². The van der Waals surface area contributed by atoms with E-state index in [0.29, 0.717) is 11.6 Å². The number of ether oxygens (including phenoxy) is 1. The molecular formula is C22H25ClN4O2S. The molecule has 3 aromatic rings. The van der Waals surface area contributed by atoms with Crippen molar-refractivity contribution in [2.75, 3.05) is 12.9 Å². The molecule has 6 nitrogen and oxygen atoms in total. The summed E-state index contributed by atoms with van der Waals surface area (Å²) in [5.41, 5.74) is 1.98. The van der Waals surface area contributed by atoms with Crippen LogP contribution in [0, 0.1) is 0 Å². The number of nitrogens with zero attached hydrogens (tertiary/aromatic N) is 3. The van der Waals surface area contributed by atoms with Crippen LogP contribution in [-0.4, -0.2) is 33.5 Å². The molecule has 0 fully saturated rings. The van der Waals surface area contributed by atoms with E-state index in [9.17, 15) is 4.79 Å². The number of unbranched alkanes of at least 4 members (excludes halogenated alkanes) is 1. The highest BCUT2D eigenvalue weighted by Gasteiger charge is 2.15. The Morgan fingerprint density at radius 2 is 1.87 bits per heavy atom. The number of carbonyl (C=O) groups is 1. The summed E-state index contributed by atoms with van der Waals surface area (Å²) in [7, 11) is 1.64. The molecule has 0 atom stereocenters. The first kappa shape index (κ1) is 22.2. The van der Waals surface area contributed by atoms with Crippen molar-refractivity contribution >= 4 is 29.3 Å². The van der Waals surface area contributed by atoms with Gasteiger partial charge in [-0.15, -0.1) is 10.2 Å². The number of hydrogen-bond donors (Lipinski definition) is 1. The summed E-state index contributed by atoms with van der Waals surface area (Å²) in [6, 6.07) is 15.2. The van der Waals surface area contributed by atoms with Crippen LogP contribution in [0.2, 0.25) is 5.02 Å². The third kappa shape index (κ3) is 6.00. The third-order valence-electron chi connectivity index (χ3n) is 4.54. The summed E-state index contributed by atoms with van der Waals surface area (Å²) >= 11 is 7.29. The van der Waals surface area contributed by atoms with E-state index < -0.39 is 0 Å². The van der Waals surface area contributed by atoms with Gasteiger partial charge in [0.1, 0.15) is 5.75 Å². The molecule has 0 unspecified atom stereocenters. The first-order valence-electron chi connectivity index (χ1n) is 9.82. The van der Waals surface area contributed by atoms with Crippen LogP contribution in [0.25, 0.3) is 11.4 Å². The van der Waals surface area contributed by atoms with Gasteiger partial charge >= 0.3 is 0 Å². The van der Waals surface area contributed by atoms with Gasteiger partial charge in [-0.25, -0.2) is 0 Å². The number of thioether (sulfide) groups is 1. The van der Waals surface area contributed by atoms with Crippen molar-refractivity contribution < 1.29 is 9.53 Å². The minimum Gasteiger partial charge on any atom is -0.497 e. The van der Waals surface area contributed by atoms with E-state index >= 15 is 0 Å². The van der Waals surface area contributed by atoms with Crippen LogP contribution in [-0.2, 0) is 17.9 Å². The number of amides is 1. The quantitative estimate of drug-likeness (QED) is 0.454. The van der Waals surface area contributed by atoms with E-state index in [-0.39, 0.29) is 11.7 Å². The lowest BCUT2D eigenvalue weighted by molar-refractivity contribution is -0.118. The summed E-state index contributed by atoms with van der Waals surface area (Å²) in [5.74, 6) is 1.83. The molecule has 0 aliphatic carbocycles. The fourth-order valence-corrected chi connectivity index (χ4v) is 3.77. The third-order valence-corrected chi connectivity index (χ3v) is 5.75. The predicted octanol–water partition coefficient (Wildman–Crippen LogP) is 4.82. The molecule has 30 heavy (non-hydrogen) atoms. The molecule has 1 heterocycles. The van der Waals surface area contributed by atoms with E-state index in [1.807, 2.05) is 48.5 Å². The molecule has 1 amide bonds. The summed E-state index contributed by atoms with van der Waals surface area (Å²) in [6.45, 7) is 3.42. The highest BCUT2D eigenvalue weighted by atomic mass is 35.5. The van der Waals surface area contributed by atoms with Gasteiger partial charge in [0, 0.05) is 23.7 Å². The van der Waals surface area contributed by atoms with Crippen molar-refractivity contribution in [3.63, 3.8) is 0 Å². The van der Waals surface area contributed by atoms with Crippen molar-refractivity contribution in [3.05, 3.63) is 59.1 Å². The number of hydrogen-bond acceptors (Lipinski definition) is 5. The monoisotopic (exact) mass is 444 g/mol. The Balaban J connectivity index is 1.64. The maximum absolute atomic E-state index is 12.3. The molecule has 8 heteroatoms. The normalized spacial score (nSPS) is 10.8. The van der Waals surface area contributed by atoms with Gasteiger partial charge in [0.05, 0.1) is 12.9 Å². The van der Waals surface area contributed by atoms with Gasteiger partial charge in [-0.3, -0.25) is 4.79 Å². The Bertz CT molecular complexity index is 958. The van der Waals surface area contributed by atoms with Crippen molar-refractivity contribution in [2.45, 2.75) is 38.0 Å². The van der Waals surface area contributed by atoms with Gasteiger partial charge in [-0.2, -0.15) is 0 Å². The number of halogens is 1. The Hall–Kier alpha value is -2.51. The van der Waals surface area contributed by atoms with Crippen LogP contribution < -0.4 is 10.1 Å². The minimum absolute atomic E-state index is 0.0500. The summed E-state index contributed by atoms with van der Waals surface area (Å²) < 4.78 is 7.32. The van der Waals surface area contributed by atoms with Crippen LogP contribution in [0.5, 0.6) is 5.75 Å². The minimum atomic E-state index is -0.0500. The molecule has 0 saturated carbocycles. The second-order valence-electron chi connectivity index (χ2n) is 6.73. The van der Waals surface area contributed by atoms with Crippen LogP contribution in [0.4, 0.5) is 0 Å². The zero-order chi connectivity index (χ0) is 21.3. The standard InChI is InChI=1S/C22H25ClN4O2S/c1-3-4-13-27-21(17-7-11-19(29-2)12-8-17)25-26-22(27)30-15-20(28)24-14-16-5-9-18(23)10-6-16/h5-12H,3-4,13-15H2,1-2H3,(H,24,28). The summed E-state index contributed by atoms with van der Waals surface area (Å²) in [4.78, 5) is 12.3. The molecule has 0 aliphatic heterocycles. The van der Waals surface area contributed by atoms with Crippen LogP contribution in [0.15, 0.2) is 53.7 Å². The molecule has 0 saturated heterocycles. The Kier molecular flexibility index (Phi) is 8.16. The van der Waals surface area contributed by atoms with E-state index in [4.69, 9.17) is 16.3 Å². The number of methoxy groups -OCH3 is 1. The first-order valence-corrected chi connectivity index (χ1v) is 11.2. The highest BCUT2D eigenvalue weighted by Crippen LogP contribution is 2.26. The fourth-order valence-electron chi connectivity index (χ4n) is 2.85. The molecule has 1 aromatic heterocycles. The van der Waals surface area contributed by atoms with Crippen molar-refractivity contribution in [1.29, 1.82) is 0 Å². The molecule has 0 bridgehead atoms. The Labute approximate surface area is 186 Å². The lowest BCUT2D eigenvalue weighted by Crippen LogP contribution is -2.24. The van der Waals surface area contributed by atoms with Crippen molar-refractivity contribution in [2.24, 2.45) is 0 Å². The predicted molar refractivity (Wildman–Crippen MR) is 121 cm³/mol. The first-order chi connectivity index (χ1) is 14.6. The zero-order valence-corrected chi connectivity index (χ0v) is 18.7. The topological polar surface area (TPSA) is 69.0 Å². The van der Waals surface area contributed by atoms with E-state index in [2.05, 4.69) is 27.0 Å². The van der Waals surface area contributed by atoms with Crippen molar-refractivity contribution in [3.8, 4) is 17.1 Å². The van der Waals surface area contributed by atoms with E-state index in [1.54, 1.807) is 7.11 Å². The number of aromatic nitrogens is 3. The van der Waals surface area contributed by atoms with Gasteiger partial charge in [-0.05, 0) is 48.4 Å². The maximum atomic E-state index is 12.3. The smallest absolute Gasteiger partial charge is 0.230 e. The largest absolute Gasteiger partial charge is 0.497 e. The number of carbonyl (C=O) groups excluding carboxylic acids is 1. The second kappa shape index (κ2) is 11.0. The molecular weight excluding hydrogens is 420 g/mol. The fraction of sp³-hybridized carbons (Fsp3) is 0.318. The maximum Gasteiger partial charge on any atom is 0.230 e. The molecule has 158 valence electrons. The molecule has 0 spiro atoms. The zero-order valence-electron chi connectivity index (χ0n) is 17.1. The van der Waals surface area contributed by atoms with Gasteiger partial charge in [0.15, 0.2) is 11.0 Å². The van der Waals surface area contributed by atoms with Gasteiger partial charge < -0.3 is 14.6 Å². The van der Waals surface area contributed by atoms with Crippen LogP contribution in [0.1, 0.15) is 25.3 Å². The number of benzene rings is 2. The highest BCUT2D eigenvalue weighted by molar-refractivity contribution is 7.99. The Morgan fingerprint density at radius 1 is 1.13 bits per heavy atom. The lowest BCUT2D eigenvalue weighted by atomic mass is 10.2. The van der Waals surface area contributed by atoms with Crippen LogP contribution in [0.3, 0.4) is 0 Å². The SMILES string of the molecule is CCCCn1c(SCC(=O)NCc2ccc(Cl)cc2)nnc1-c1ccc(OC)cc1. The van der Waals surface area contributed by atoms with E-state index in [1.165, 1.54) is 11.8 Å². The molecule has 0 aliphatic rings. The van der Waals surface area contributed by atoms with Gasteiger partial charge in [0.25, 0.3) is 0 Å². The number of rotatable bonds is 10. The molecule has 0 radical (unpaired) electrons. The van der Waals surface area contributed by atoms with Crippen molar-refractivity contribution in [1.82, 2.24) is 20.1 Å².